The van der Waals surface area contributed by atoms with E-state index in [1.807, 2.05) is 32.2 Å². The van der Waals surface area contributed by atoms with Crippen LogP contribution in [0.2, 0.25) is 0 Å². The third-order valence-corrected chi connectivity index (χ3v) is 12.9. The molecule has 61 heavy (non-hydrogen) atoms. The van der Waals surface area contributed by atoms with Gasteiger partial charge < -0.3 is 33.9 Å². The van der Waals surface area contributed by atoms with E-state index in [4.69, 9.17) is 24.2 Å². The molecule has 6 bridgehead atoms. The third-order valence-electron chi connectivity index (χ3n) is 12.0. The predicted molar refractivity (Wildman–Crippen MR) is 233 cm³/mol. The first-order valence-electron chi connectivity index (χ1n) is 21.4. The van der Waals surface area contributed by atoms with Crippen LogP contribution in [0.4, 0.5) is 4.79 Å². The first-order valence-corrected chi connectivity index (χ1v) is 22.3. The highest BCUT2D eigenvalue weighted by atomic mass is 32.1. The lowest BCUT2D eigenvalue weighted by Gasteiger charge is -2.38. The van der Waals surface area contributed by atoms with E-state index in [1.54, 1.807) is 25.3 Å². The Kier molecular flexibility index (Phi) is 13.5. The Labute approximate surface area is 362 Å². The number of urea groups is 1. The number of carbonyl (C=O) groups is 4. The van der Waals surface area contributed by atoms with Crippen molar-refractivity contribution in [1.82, 2.24) is 40.1 Å². The molecule has 4 atom stereocenters. The average molecular weight is 857 g/mol. The van der Waals surface area contributed by atoms with Crippen LogP contribution in [0.5, 0.6) is 0 Å². The minimum atomic E-state index is -1.05. The summed E-state index contributed by atoms with van der Waals surface area (Å²) in [6.45, 7) is 14.5. The van der Waals surface area contributed by atoms with Crippen LogP contribution in [0.3, 0.4) is 0 Å². The van der Waals surface area contributed by atoms with E-state index >= 15 is 0 Å². The summed E-state index contributed by atoms with van der Waals surface area (Å²) in [4.78, 5) is 69.1. The van der Waals surface area contributed by atoms with Crippen LogP contribution < -0.4 is 10.7 Å². The molecular formula is C45H60N8O7S. The first kappa shape index (κ1) is 44.2. The number of cyclic esters (lactones) is 1. The van der Waals surface area contributed by atoms with Crippen LogP contribution >= 0.6 is 11.3 Å². The molecule has 328 valence electrons. The lowest BCUT2D eigenvalue weighted by atomic mass is 9.84. The molecule has 2 fully saturated rings. The number of aromatic nitrogens is 3. The number of pyridine rings is 1. The van der Waals surface area contributed by atoms with E-state index in [-0.39, 0.29) is 37.8 Å². The summed E-state index contributed by atoms with van der Waals surface area (Å²) >= 11 is 1.42. The molecule has 0 aliphatic carbocycles. The van der Waals surface area contributed by atoms with Crippen LogP contribution in [0.1, 0.15) is 83.2 Å². The molecule has 3 aliphatic rings. The molecule has 6 heterocycles. The zero-order valence-electron chi connectivity index (χ0n) is 36.7. The summed E-state index contributed by atoms with van der Waals surface area (Å²) in [6.07, 6.45) is 3.99. The molecule has 0 unspecified atom stereocenters. The van der Waals surface area contributed by atoms with Gasteiger partial charge in [0.15, 0.2) is 0 Å². The van der Waals surface area contributed by atoms with Crippen molar-refractivity contribution in [2.75, 3.05) is 47.2 Å². The number of nitrogens with one attached hydrogen (secondary N) is 2. The number of esters is 1. The summed E-state index contributed by atoms with van der Waals surface area (Å²) in [5.74, 6) is -1.57. The zero-order chi connectivity index (χ0) is 43.6. The highest BCUT2D eigenvalue weighted by Gasteiger charge is 2.39. The number of thiazole rings is 1. The maximum Gasteiger partial charge on any atom is 0.324 e. The Bertz CT molecular complexity index is 2250. The second-order valence-corrected chi connectivity index (χ2v) is 18.5. The van der Waals surface area contributed by atoms with E-state index in [2.05, 4.69) is 60.3 Å². The predicted octanol–water partition coefficient (Wildman–Crippen LogP) is 5.96. The molecule has 0 saturated carbocycles. The van der Waals surface area contributed by atoms with Crippen molar-refractivity contribution in [2.45, 2.75) is 104 Å². The van der Waals surface area contributed by atoms with Gasteiger partial charge in [0, 0.05) is 79.2 Å². The Morgan fingerprint density at radius 2 is 1.95 bits per heavy atom. The normalized spacial score (nSPS) is 20.9. The van der Waals surface area contributed by atoms with Gasteiger partial charge in [-0.1, -0.05) is 33.8 Å². The SMILES string of the molecule is CCn1c(-c2cccnc2[C@H](C)OC)c2c3cc(ccc31)-c1csc(n1)C[C@H](NC(=O)[C@H](C(C)C)N(C)C(=O)N1CCCOC1)C(=O)N1CCC[C@H](N1)C(=O)OCC(C)(C)C2. The number of carbonyl (C=O) groups excluding carboxylic acids is 4. The monoisotopic (exact) mass is 856 g/mol. The van der Waals surface area contributed by atoms with Gasteiger partial charge in [0.2, 0.25) is 5.91 Å². The van der Waals surface area contributed by atoms with E-state index < -0.39 is 41.3 Å². The van der Waals surface area contributed by atoms with Gasteiger partial charge in [0.1, 0.15) is 24.9 Å². The molecule has 2 N–H and O–H groups in total. The molecule has 4 amide bonds. The fourth-order valence-electron chi connectivity index (χ4n) is 8.84. The van der Waals surface area contributed by atoms with E-state index in [1.165, 1.54) is 21.2 Å². The fourth-order valence-corrected chi connectivity index (χ4v) is 9.69. The van der Waals surface area contributed by atoms with Gasteiger partial charge >= 0.3 is 12.0 Å². The topological polar surface area (TPSA) is 160 Å². The van der Waals surface area contributed by atoms with Crippen LogP contribution in [0.25, 0.3) is 33.4 Å². The number of methoxy groups -OCH3 is 1. The molecule has 3 aliphatic heterocycles. The zero-order valence-corrected chi connectivity index (χ0v) is 37.5. The van der Waals surface area contributed by atoms with Gasteiger partial charge in [-0.3, -0.25) is 24.4 Å². The fraction of sp³-hybridized carbons (Fsp3) is 0.556. The molecule has 3 aromatic heterocycles. The Hall–Kier alpha value is -4.90. The van der Waals surface area contributed by atoms with Gasteiger partial charge in [-0.25, -0.2) is 15.2 Å². The van der Waals surface area contributed by atoms with Gasteiger partial charge in [0.25, 0.3) is 5.91 Å². The lowest BCUT2D eigenvalue weighted by Crippen LogP contribution is -2.62. The summed E-state index contributed by atoms with van der Waals surface area (Å²) in [5.41, 5.74) is 9.35. The molecule has 0 radical (unpaired) electrons. The van der Waals surface area contributed by atoms with Crippen molar-refractivity contribution >= 4 is 46.1 Å². The summed E-state index contributed by atoms with van der Waals surface area (Å²) < 4.78 is 19.7. The quantitative estimate of drug-likeness (QED) is 0.203. The van der Waals surface area contributed by atoms with Crippen molar-refractivity contribution < 1.29 is 33.4 Å². The molecule has 4 aromatic rings. The first-order chi connectivity index (χ1) is 29.2. The number of hydrogen-bond donors (Lipinski definition) is 2. The smallest absolute Gasteiger partial charge is 0.324 e. The third kappa shape index (κ3) is 9.32. The van der Waals surface area contributed by atoms with Gasteiger partial charge in [-0.05, 0) is 75.3 Å². The largest absolute Gasteiger partial charge is 0.464 e. The van der Waals surface area contributed by atoms with Crippen molar-refractivity contribution in [3.8, 4) is 22.5 Å². The molecule has 2 saturated heterocycles. The van der Waals surface area contributed by atoms with Crippen LogP contribution in [0.15, 0.2) is 41.9 Å². The second kappa shape index (κ2) is 18.6. The van der Waals surface area contributed by atoms with Crippen LogP contribution in [-0.4, -0.2) is 118 Å². The maximum atomic E-state index is 14.5. The van der Waals surface area contributed by atoms with E-state index in [0.29, 0.717) is 56.9 Å². The standard InChI is InChI=1S/C45H60N8O7S/c1-9-52-36-16-15-29-21-31(36)32(40(52)30-13-10-17-46-38(30)28(4)58-8)23-45(5,6)25-60-43(56)33-14-11-19-53(49-33)42(55)34(22-37-47-35(29)24-61-37)48-41(54)39(27(2)3)50(7)44(57)51-18-12-20-59-26-51/h10,13,15-17,21,24,27-28,33-34,39,49H,9,11-12,14,18-20,22-23,25-26H2,1-8H3,(H,48,54)/t28-,33-,34-,39-/m0/s1. The van der Waals surface area contributed by atoms with Crippen molar-refractivity contribution in [3.63, 3.8) is 0 Å². The molecule has 0 spiro atoms. The number of fused-ring (bicyclic) bond motifs is 6. The maximum absolute atomic E-state index is 14.5. The number of nitrogens with zero attached hydrogens (tertiary/aromatic N) is 6. The Morgan fingerprint density at radius 1 is 1.15 bits per heavy atom. The van der Waals surface area contributed by atoms with Gasteiger partial charge in [-0.2, -0.15) is 0 Å². The minimum Gasteiger partial charge on any atom is -0.464 e. The van der Waals surface area contributed by atoms with E-state index in [0.717, 1.165) is 44.7 Å². The number of likely N-dealkylation sites (N-methyl/N-ethyl adjacent to an activating group) is 1. The molecule has 7 rings (SSSR count). The number of hydrogen-bond acceptors (Lipinski definition) is 11. The summed E-state index contributed by atoms with van der Waals surface area (Å²) in [5, 5.41) is 8.15. The highest BCUT2D eigenvalue weighted by Crippen LogP contribution is 2.42. The van der Waals surface area contributed by atoms with Crippen molar-refractivity contribution in [2.24, 2.45) is 11.3 Å². The Balaban J connectivity index is 1.29. The molecule has 16 heteroatoms. The highest BCUT2D eigenvalue weighted by molar-refractivity contribution is 7.10. The van der Waals surface area contributed by atoms with Crippen LogP contribution in [0, 0.1) is 11.3 Å². The minimum absolute atomic E-state index is 0.102. The lowest BCUT2D eigenvalue weighted by molar-refractivity contribution is -0.155. The number of ether oxygens (including phenoxy) is 3. The average Bonchev–Trinajstić information content (AvgIpc) is 3.85. The Morgan fingerprint density at radius 3 is 2.67 bits per heavy atom. The van der Waals surface area contributed by atoms with Crippen molar-refractivity contribution in [3.05, 3.63) is 58.2 Å². The molecule has 15 nitrogen and oxygen atoms in total. The van der Waals surface area contributed by atoms with Crippen LogP contribution in [-0.2, 0) is 48.0 Å². The number of benzene rings is 1. The molecule has 1 aromatic carbocycles. The van der Waals surface area contributed by atoms with E-state index in [9.17, 15) is 19.2 Å². The summed E-state index contributed by atoms with van der Waals surface area (Å²) in [7, 11) is 3.30. The number of aryl methyl sites for hydroxylation is 1. The number of rotatable bonds is 8. The van der Waals surface area contributed by atoms with Gasteiger partial charge in [-0.15, -0.1) is 11.3 Å². The van der Waals surface area contributed by atoms with Gasteiger partial charge in [0.05, 0.1) is 41.4 Å². The summed E-state index contributed by atoms with van der Waals surface area (Å²) in [6, 6.07) is 7.44. The molecular weight excluding hydrogens is 797 g/mol. The second-order valence-electron chi connectivity index (χ2n) is 17.5. The van der Waals surface area contributed by atoms with Crippen molar-refractivity contribution in [1.29, 1.82) is 0 Å². The number of hydrazine groups is 1. The number of amides is 4.